The van der Waals surface area contributed by atoms with Gasteiger partial charge in [-0.15, -0.1) is 5.10 Å². The molecule has 0 aromatic carbocycles. The van der Waals surface area contributed by atoms with Crippen molar-refractivity contribution in [1.29, 1.82) is 0 Å². The maximum absolute atomic E-state index is 11.7. The Hall–Kier alpha value is -1.36. The molecule has 7 nitrogen and oxygen atoms in total. The number of halogens is 3. The Morgan fingerprint density at radius 2 is 2.24 bits per heavy atom. The number of aliphatic carboxylic acids is 1. The Morgan fingerprint density at radius 3 is 2.82 bits per heavy atom. The minimum atomic E-state index is -4.40. The largest absolute Gasteiger partial charge is 0.480 e. The van der Waals surface area contributed by atoms with Crippen LogP contribution in [-0.4, -0.2) is 50.0 Å². The van der Waals surface area contributed by atoms with Gasteiger partial charge in [0.1, 0.15) is 19.1 Å². The van der Waals surface area contributed by atoms with E-state index >= 15 is 0 Å². The van der Waals surface area contributed by atoms with Gasteiger partial charge in [-0.1, -0.05) is 11.8 Å². The van der Waals surface area contributed by atoms with E-state index in [1.807, 2.05) is 0 Å². The van der Waals surface area contributed by atoms with Crippen molar-refractivity contribution >= 4 is 17.7 Å². The molecule has 17 heavy (non-hydrogen) atoms. The van der Waals surface area contributed by atoms with Gasteiger partial charge in [0.05, 0.1) is 0 Å². The highest BCUT2D eigenvalue weighted by atomic mass is 32.2. The summed E-state index contributed by atoms with van der Waals surface area (Å²) in [5.41, 5.74) is 0. The normalized spacial score (nSPS) is 11.7. The fourth-order valence-electron chi connectivity index (χ4n) is 0.779. The number of carboxylic acid groups (broad SMARTS) is 1. The van der Waals surface area contributed by atoms with Crippen molar-refractivity contribution in [3.8, 4) is 0 Å². The average Bonchev–Trinajstić information content (AvgIpc) is 2.58. The summed E-state index contributed by atoms with van der Waals surface area (Å²) in [6.45, 7) is -1.84. The molecular formula is C6H7F3N4O3S. The molecule has 0 spiro atoms. The molecule has 0 fully saturated rings. The molecule has 0 unspecified atom stereocenters. The number of nitrogens with zero attached hydrogens (tertiary/aromatic N) is 4. The Kier molecular flexibility index (Phi) is 4.69. The first-order valence-electron chi connectivity index (χ1n) is 4.14. The van der Waals surface area contributed by atoms with Crippen molar-refractivity contribution in [3.05, 3.63) is 0 Å². The molecule has 0 atom stereocenters. The van der Waals surface area contributed by atoms with Crippen LogP contribution in [0, 0.1) is 0 Å². The number of tetrazole rings is 1. The predicted molar refractivity (Wildman–Crippen MR) is 48.2 cm³/mol. The van der Waals surface area contributed by atoms with Crippen LogP contribution in [0.25, 0.3) is 0 Å². The predicted octanol–water partition coefficient (Wildman–Crippen LogP) is 0.386. The van der Waals surface area contributed by atoms with Crippen molar-refractivity contribution < 1.29 is 27.8 Å². The van der Waals surface area contributed by atoms with Gasteiger partial charge in [-0.05, 0) is 10.4 Å². The average molecular weight is 272 g/mol. The first-order valence-corrected chi connectivity index (χ1v) is 5.12. The number of thioether (sulfide) groups is 1. The van der Waals surface area contributed by atoms with Crippen LogP contribution >= 0.6 is 11.8 Å². The second kappa shape index (κ2) is 5.82. The van der Waals surface area contributed by atoms with Crippen molar-refractivity contribution in [2.75, 3.05) is 12.5 Å². The van der Waals surface area contributed by atoms with Crippen LogP contribution in [0.5, 0.6) is 0 Å². The molecule has 0 aliphatic rings. The molecule has 0 bridgehead atoms. The fraction of sp³-hybridized carbons (Fsp3) is 0.667. The summed E-state index contributed by atoms with van der Waals surface area (Å²) in [6.07, 6.45) is -4.40. The lowest BCUT2D eigenvalue weighted by atomic mass is 10.7. The third-order valence-electron chi connectivity index (χ3n) is 1.32. The zero-order chi connectivity index (χ0) is 12.9. The molecule has 0 aliphatic heterocycles. The number of alkyl halides is 3. The van der Waals surface area contributed by atoms with Gasteiger partial charge < -0.3 is 9.84 Å². The van der Waals surface area contributed by atoms with Crippen LogP contribution in [0.15, 0.2) is 5.16 Å². The van der Waals surface area contributed by atoms with Crippen LogP contribution in [0.3, 0.4) is 0 Å². The number of hydrogen-bond donors (Lipinski definition) is 1. The number of aromatic nitrogens is 4. The molecule has 0 saturated carbocycles. The van der Waals surface area contributed by atoms with Crippen molar-refractivity contribution in [3.63, 3.8) is 0 Å². The zero-order valence-corrected chi connectivity index (χ0v) is 9.03. The molecule has 96 valence electrons. The topological polar surface area (TPSA) is 90.1 Å². The van der Waals surface area contributed by atoms with Crippen molar-refractivity contribution in [2.45, 2.75) is 17.9 Å². The summed E-state index contributed by atoms with van der Waals surface area (Å²) in [6, 6.07) is 0. The smallest absolute Gasteiger partial charge is 0.411 e. The molecule has 1 aromatic heterocycles. The highest BCUT2D eigenvalue weighted by Crippen LogP contribution is 2.18. The Morgan fingerprint density at radius 1 is 1.53 bits per heavy atom. The summed E-state index contributed by atoms with van der Waals surface area (Å²) >= 11 is 0.778. The van der Waals surface area contributed by atoms with E-state index < -0.39 is 25.3 Å². The van der Waals surface area contributed by atoms with Crippen LogP contribution in [0.2, 0.25) is 0 Å². The van der Waals surface area contributed by atoms with Crippen molar-refractivity contribution in [1.82, 2.24) is 20.2 Å². The second-order valence-electron chi connectivity index (χ2n) is 2.74. The SMILES string of the molecule is O=C(O)Cn1nnnc1SCOCC(F)(F)F. The van der Waals surface area contributed by atoms with Gasteiger partial charge in [-0.3, -0.25) is 4.79 Å². The van der Waals surface area contributed by atoms with Gasteiger partial charge >= 0.3 is 12.1 Å². The minimum absolute atomic E-state index is 0.0783. The monoisotopic (exact) mass is 272 g/mol. The number of ether oxygens (including phenoxy) is 1. The number of carbonyl (C=O) groups is 1. The second-order valence-corrected chi connectivity index (χ2v) is 3.63. The Bertz CT molecular complexity index is 383. The molecule has 1 heterocycles. The molecule has 1 N–H and O–H groups in total. The summed E-state index contributed by atoms with van der Waals surface area (Å²) in [4.78, 5) is 10.4. The first-order chi connectivity index (χ1) is 7.88. The molecule has 0 amide bonds. The van der Waals surface area contributed by atoms with Gasteiger partial charge in [0.15, 0.2) is 0 Å². The van der Waals surface area contributed by atoms with Crippen LogP contribution in [-0.2, 0) is 16.1 Å². The Labute approximate surface area is 96.9 Å². The van der Waals surface area contributed by atoms with E-state index in [1.165, 1.54) is 0 Å². The molecule has 1 aromatic rings. The summed E-state index contributed by atoms with van der Waals surface area (Å²) in [5, 5.41) is 18.6. The van der Waals surface area contributed by atoms with E-state index in [0.29, 0.717) is 0 Å². The van der Waals surface area contributed by atoms with Gasteiger partial charge in [-0.25, -0.2) is 4.68 Å². The summed E-state index contributed by atoms with van der Waals surface area (Å²) < 4.78 is 40.4. The molecular weight excluding hydrogens is 265 g/mol. The first kappa shape index (κ1) is 13.7. The standard InChI is InChI=1S/C6H7F3N4O3S/c7-6(8,9)2-16-3-17-5-10-11-12-13(5)1-4(14)15/h1-3H2,(H,14,15). The fourth-order valence-corrected chi connectivity index (χ4v) is 1.40. The third-order valence-corrected chi connectivity index (χ3v) is 2.16. The molecule has 1 rings (SSSR count). The van der Waals surface area contributed by atoms with E-state index in [0.717, 1.165) is 16.4 Å². The lowest BCUT2D eigenvalue weighted by Gasteiger charge is -2.06. The number of rotatable bonds is 6. The van der Waals surface area contributed by atoms with Gasteiger partial charge in [0, 0.05) is 0 Å². The maximum atomic E-state index is 11.7. The lowest BCUT2D eigenvalue weighted by Crippen LogP contribution is -2.17. The summed E-state index contributed by atoms with van der Waals surface area (Å²) in [7, 11) is 0. The van der Waals surface area contributed by atoms with Gasteiger partial charge in [-0.2, -0.15) is 13.2 Å². The van der Waals surface area contributed by atoms with Gasteiger partial charge in [0.2, 0.25) is 5.16 Å². The lowest BCUT2D eigenvalue weighted by molar-refractivity contribution is -0.168. The molecule has 0 aliphatic carbocycles. The Balaban J connectivity index is 2.36. The number of carboxylic acids is 1. The number of hydrogen-bond acceptors (Lipinski definition) is 6. The molecule has 11 heteroatoms. The van der Waals surface area contributed by atoms with E-state index in [2.05, 4.69) is 20.3 Å². The van der Waals surface area contributed by atoms with Crippen LogP contribution in [0.1, 0.15) is 0 Å². The zero-order valence-electron chi connectivity index (χ0n) is 8.22. The molecule has 0 radical (unpaired) electrons. The quantitative estimate of drug-likeness (QED) is 0.455. The van der Waals surface area contributed by atoms with Crippen LogP contribution in [0.4, 0.5) is 13.2 Å². The highest BCUT2D eigenvalue weighted by Gasteiger charge is 2.27. The third kappa shape index (κ3) is 5.49. The maximum Gasteiger partial charge on any atom is 0.411 e. The van der Waals surface area contributed by atoms with E-state index in [-0.39, 0.29) is 11.1 Å². The van der Waals surface area contributed by atoms with Gasteiger partial charge in [0.25, 0.3) is 0 Å². The minimum Gasteiger partial charge on any atom is -0.480 e. The molecule has 0 saturated heterocycles. The van der Waals surface area contributed by atoms with Crippen molar-refractivity contribution in [2.24, 2.45) is 0 Å². The highest BCUT2D eigenvalue weighted by molar-refractivity contribution is 7.99. The van der Waals surface area contributed by atoms with E-state index in [4.69, 9.17) is 5.11 Å². The van der Waals surface area contributed by atoms with E-state index in [1.54, 1.807) is 0 Å². The van der Waals surface area contributed by atoms with E-state index in [9.17, 15) is 18.0 Å². The van der Waals surface area contributed by atoms with Crippen LogP contribution < -0.4 is 0 Å². The summed E-state index contributed by atoms with van der Waals surface area (Å²) in [5.74, 6) is -1.48.